The average Bonchev–Trinajstić information content (AvgIpc) is 2.17. The molecular formula is C9H10Cl2N2O2. The summed E-state index contributed by atoms with van der Waals surface area (Å²) in [6.45, 7) is 2.38. The first-order valence-electron chi connectivity index (χ1n) is 4.50. The highest BCUT2D eigenvalue weighted by atomic mass is 35.5. The van der Waals surface area contributed by atoms with Gasteiger partial charge in [0.1, 0.15) is 10.7 Å². The van der Waals surface area contributed by atoms with Gasteiger partial charge in [-0.1, -0.05) is 24.9 Å². The van der Waals surface area contributed by atoms with Crippen molar-refractivity contribution in [2.75, 3.05) is 6.61 Å². The quantitative estimate of drug-likeness (QED) is 0.356. The molecule has 0 fully saturated rings. The molecule has 6 heteroatoms. The van der Waals surface area contributed by atoms with Gasteiger partial charge in [-0.2, -0.15) is 0 Å². The van der Waals surface area contributed by atoms with Crippen molar-refractivity contribution in [1.82, 2.24) is 9.97 Å². The van der Waals surface area contributed by atoms with Gasteiger partial charge in [-0.15, -0.1) is 0 Å². The molecule has 0 saturated heterocycles. The maximum Gasteiger partial charge on any atom is 0.342 e. The van der Waals surface area contributed by atoms with Crippen LogP contribution in [0.3, 0.4) is 0 Å². The maximum atomic E-state index is 11.4. The van der Waals surface area contributed by atoms with Crippen LogP contribution in [0.4, 0.5) is 0 Å². The molecule has 0 unspecified atom stereocenters. The van der Waals surface area contributed by atoms with Crippen LogP contribution in [-0.4, -0.2) is 22.5 Å². The zero-order valence-corrected chi connectivity index (χ0v) is 9.68. The number of halogens is 2. The Labute approximate surface area is 97.6 Å². The van der Waals surface area contributed by atoms with Crippen molar-refractivity contribution < 1.29 is 9.53 Å². The van der Waals surface area contributed by atoms with Crippen LogP contribution in [0.15, 0.2) is 6.20 Å². The lowest BCUT2D eigenvalue weighted by atomic mass is 10.3. The van der Waals surface area contributed by atoms with E-state index in [1.807, 2.05) is 6.92 Å². The molecule has 1 aromatic heterocycles. The minimum absolute atomic E-state index is 0.00473. The largest absolute Gasteiger partial charge is 0.462 e. The van der Waals surface area contributed by atoms with Gasteiger partial charge in [0.25, 0.3) is 0 Å². The fourth-order valence-electron chi connectivity index (χ4n) is 0.865. The maximum absolute atomic E-state index is 11.4. The molecule has 0 amide bonds. The Balaban J connectivity index is 2.65. The Hall–Kier alpha value is -0.870. The molecule has 0 aliphatic heterocycles. The van der Waals surface area contributed by atoms with Crippen molar-refractivity contribution in [2.45, 2.75) is 19.8 Å². The number of nitrogens with zero attached hydrogens (tertiary/aromatic N) is 2. The summed E-state index contributed by atoms with van der Waals surface area (Å²) in [7, 11) is 0. The summed E-state index contributed by atoms with van der Waals surface area (Å²) in [5, 5.41) is 0.0154. The highest BCUT2D eigenvalue weighted by molar-refractivity contribution is 6.33. The van der Waals surface area contributed by atoms with E-state index in [1.165, 1.54) is 6.20 Å². The summed E-state index contributed by atoms with van der Waals surface area (Å²) in [4.78, 5) is 18.7. The number of hydrogen-bond acceptors (Lipinski definition) is 4. The fourth-order valence-corrected chi connectivity index (χ4v) is 1.25. The van der Waals surface area contributed by atoms with E-state index in [0.29, 0.717) is 6.61 Å². The van der Waals surface area contributed by atoms with E-state index in [0.717, 1.165) is 12.8 Å². The standard InChI is InChI=1S/C9H10Cl2N2O2/c1-2-3-4-15-8(14)6-5-12-9(11)13-7(6)10/h5H,2-4H2,1H3. The van der Waals surface area contributed by atoms with E-state index in [-0.39, 0.29) is 16.0 Å². The topological polar surface area (TPSA) is 52.1 Å². The molecule has 0 aromatic carbocycles. The van der Waals surface area contributed by atoms with Gasteiger partial charge in [-0.05, 0) is 18.0 Å². The zero-order chi connectivity index (χ0) is 11.3. The first-order chi connectivity index (χ1) is 7.15. The lowest BCUT2D eigenvalue weighted by Gasteiger charge is -2.04. The number of carbonyl (C=O) groups is 1. The molecular weight excluding hydrogens is 239 g/mol. The second-order valence-corrected chi connectivity index (χ2v) is 3.53. The molecule has 1 rings (SSSR count). The van der Waals surface area contributed by atoms with Gasteiger partial charge in [0, 0.05) is 6.20 Å². The number of unbranched alkanes of at least 4 members (excludes halogenated alkanes) is 1. The van der Waals surface area contributed by atoms with Crippen LogP contribution < -0.4 is 0 Å². The Morgan fingerprint density at radius 2 is 2.27 bits per heavy atom. The third-order valence-electron chi connectivity index (χ3n) is 1.66. The second-order valence-electron chi connectivity index (χ2n) is 2.83. The molecule has 82 valence electrons. The Morgan fingerprint density at radius 3 is 2.87 bits per heavy atom. The predicted octanol–water partition coefficient (Wildman–Crippen LogP) is 2.74. The summed E-state index contributed by atoms with van der Waals surface area (Å²) >= 11 is 11.2. The molecule has 1 aromatic rings. The molecule has 0 radical (unpaired) electrons. The van der Waals surface area contributed by atoms with Crippen molar-refractivity contribution in [1.29, 1.82) is 0 Å². The average molecular weight is 249 g/mol. The molecule has 0 spiro atoms. The van der Waals surface area contributed by atoms with Crippen molar-refractivity contribution in [3.63, 3.8) is 0 Å². The van der Waals surface area contributed by atoms with E-state index in [9.17, 15) is 4.79 Å². The van der Waals surface area contributed by atoms with Gasteiger partial charge in [0.2, 0.25) is 5.28 Å². The number of aromatic nitrogens is 2. The van der Waals surface area contributed by atoms with E-state index in [2.05, 4.69) is 9.97 Å². The van der Waals surface area contributed by atoms with Crippen molar-refractivity contribution in [3.8, 4) is 0 Å². The minimum Gasteiger partial charge on any atom is -0.462 e. The molecule has 0 N–H and O–H groups in total. The monoisotopic (exact) mass is 248 g/mol. The minimum atomic E-state index is -0.523. The first-order valence-corrected chi connectivity index (χ1v) is 5.26. The molecule has 0 aliphatic carbocycles. The third-order valence-corrected chi connectivity index (χ3v) is 2.13. The fraction of sp³-hybridized carbons (Fsp3) is 0.444. The number of esters is 1. The van der Waals surface area contributed by atoms with Crippen LogP contribution >= 0.6 is 23.2 Å². The highest BCUT2D eigenvalue weighted by Crippen LogP contribution is 2.15. The molecule has 4 nitrogen and oxygen atoms in total. The lowest BCUT2D eigenvalue weighted by molar-refractivity contribution is 0.0499. The van der Waals surface area contributed by atoms with Crippen molar-refractivity contribution >= 4 is 29.2 Å². The van der Waals surface area contributed by atoms with E-state index in [4.69, 9.17) is 27.9 Å². The molecule has 0 atom stereocenters. The Morgan fingerprint density at radius 1 is 1.53 bits per heavy atom. The van der Waals surface area contributed by atoms with Gasteiger partial charge in [0.15, 0.2) is 0 Å². The van der Waals surface area contributed by atoms with Crippen LogP contribution in [0.2, 0.25) is 10.4 Å². The summed E-state index contributed by atoms with van der Waals surface area (Å²) in [6, 6.07) is 0. The third kappa shape index (κ3) is 3.64. The normalized spacial score (nSPS) is 10.1. The molecule has 0 aliphatic rings. The van der Waals surface area contributed by atoms with Crippen LogP contribution in [-0.2, 0) is 4.74 Å². The summed E-state index contributed by atoms with van der Waals surface area (Å²) in [6.07, 6.45) is 3.03. The number of hydrogen-bond donors (Lipinski definition) is 0. The van der Waals surface area contributed by atoms with E-state index >= 15 is 0 Å². The SMILES string of the molecule is CCCCOC(=O)c1cnc(Cl)nc1Cl. The molecule has 0 saturated carbocycles. The van der Waals surface area contributed by atoms with Gasteiger partial charge in [-0.25, -0.2) is 14.8 Å². The van der Waals surface area contributed by atoms with Gasteiger partial charge in [0.05, 0.1) is 6.61 Å². The summed E-state index contributed by atoms with van der Waals surface area (Å²) < 4.78 is 4.94. The first kappa shape index (κ1) is 12.2. The van der Waals surface area contributed by atoms with E-state index < -0.39 is 5.97 Å². The van der Waals surface area contributed by atoms with Gasteiger partial charge >= 0.3 is 5.97 Å². The van der Waals surface area contributed by atoms with E-state index in [1.54, 1.807) is 0 Å². The number of rotatable bonds is 4. The molecule has 1 heterocycles. The molecule has 0 bridgehead atoms. The van der Waals surface area contributed by atoms with Crippen LogP contribution in [0.25, 0.3) is 0 Å². The summed E-state index contributed by atoms with van der Waals surface area (Å²) in [5.41, 5.74) is 0.136. The summed E-state index contributed by atoms with van der Waals surface area (Å²) in [5.74, 6) is -0.523. The predicted molar refractivity (Wildman–Crippen MR) is 57.2 cm³/mol. The number of ether oxygens (including phenoxy) is 1. The van der Waals surface area contributed by atoms with Gasteiger partial charge in [-0.3, -0.25) is 0 Å². The van der Waals surface area contributed by atoms with Crippen molar-refractivity contribution in [2.24, 2.45) is 0 Å². The van der Waals surface area contributed by atoms with Crippen LogP contribution in [0.1, 0.15) is 30.1 Å². The Kier molecular flexibility index (Phi) is 4.78. The Bertz CT molecular complexity index is 358. The van der Waals surface area contributed by atoms with Crippen LogP contribution in [0.5, 0.6) is 0 Å². The number of carbonyl (C=O) groups excluding carboxylic acids is 1. The second kappa shape index (κ2) is 5.88. The molecule has 15 heavy (non-hydrogen) atoms. The van der Waals surface area contributed by atoms with Gasteiger partial charge < -0.3 is 4.74 Å². The lowest BCUT2D eigenvalue weighted by Crippen LogP contribution is -2.08. The zero-order valence-electron chi connectivity index (χ0n) is 8.17. The highest BCUT2D eigenvalue weighted by Gasteiger charge is 2.13. The van der Waals surface area contributed by atoms with Crippen LogP contribution in [0, 0.1) is 0 Å². The smallest absolute Gasteiger partial charge is 0.342 e. The van der Waals surface area contributed by atoms with Crippen molar-refractivity contribution in [3.05, 3.63) is 22.2 Å².